The molecule has 0 unspecified atom stereocenters. The fourth-order valence-electron chi connectivity index (χ4n) is 4.09. The number of aryl methyl sites for hydroxylation is 1. The number of benzene rings is 2. The van der Waals surface area contributed by atoms with Crippen LogP contribution in [0, 0.1) is 5.82 Å². The molecule has 5 rings (SSSR count). The highest BCUT2D eigenvalue weighted by Gasteiger charge is 2.22. The number of aromatic nitrogens is 2. The molecule has 1 aliphatic heterocycles. The van der Waals surface area contributed by atoms with Crippen LogP contribution >= 0.6 is 22.9 Å². The maximum atomic E-state index is 14.1. The van der Waals surface area contributed by atoms with E-state index in [-0.39, 0.29) is 11.7 Å². The van der Waals surface area contributed by atoms with E-state index in [2.05, 4.69) is 9.88 Å². The van der Waals surface area contributed by atoms with Gasteiger partial charge in [-0.2, -0.15) is 0 Å². The highest BCUT2D eigenvalue weighted by atomic mass is 35.5. The van der Waals surface area contributed by atoms with Gasteiger partial charge in [0.05, 0.1) is 5.69 Å². The van der Waals surface area contributed by atoms with E-state index in [1.54, 1.807) is 18.2 Å². The monoisotopic (exact) mass is 468 g/mol. The Labute approximate surface area is 194 Å². The fraction of sp³-hybridized carbons (Fsp3) is 0.250. The number of nitrogens with zero attached hydrogens (tertiary/aromatic N) is 4. The summed E-state index contributed by atoms with van der Waals surface area (Å²) in [5, 5.41) is 2.75. The molecule has 8 heteroatoms. The molecule has 164 valence electrons. The van der Waals surface area contributed by atoms with Gasteiger partial charge in [-0.3, -0.25) is 9.20 Å². The van der Waals surface area contributed by atoms with E-state index in [0.717, 1.165) is 34.5 Å². The molecule has 32 heavy (non-hydrogen) atoms. The number of carbonyl (C=O) groups excluding carboxylic acids is 1. The first-order chi connectivity index (χ1) is 15.6. The number of amides is 1. The topological polar surface area (TPSA) is 40.9 Å². The van der Waals surface area contributed by atoms with Crippen LogP contribution in [0.3, 0.4) is 0 Å². The maximum Gasteiger partial charge on any atom is 0.223 e. The minimum Gasteiger partial charge on any atom is -0.368 e. The van der Waals surface area contributed by atoms with Crippen molar-refractivity contribution in [3.05, 3.63) is 76.6 Å². The lowest BCUT2D eigenvalue weighted by atomic mass is 10.1. The molecule has 4 aromatic rings. The second-order valence-electron chi connectivity index (χ2n) is 7.83. The van der Waals surface area contributed by atoms with Crippen molar-refractivity contribution in [3.63, 3.8) is 0 Å². The number of hydrogen-bond donors (Lipinski definition) is 0. The van der Waals surface area contributed by atoms with E-state index in [1.807, 2.05) is 45.1 Å². The lowest BCUT2D eigenvalue weighted by Crippen LogP contribution is -2.48. The summed E-state index contributed by atoms with van der Waals surface area (Å²) in [7, 11) is 0. The summed E-state index contributed by atoms with van der Waals surface area (Å²) in [6, 6.07) is 14.5. The number of hydrogen-bond acceptors (Lipinski definition) is 4. The molecule has 0 N–H and O–H groups in total. The second-order valence-corrected chi connectivity index (χ2v) is 9.11. The van der Waals surface area contributed by atoms with Gasteiger partial charge in [0.1, 0.15) is 5.82 Å². The van der Waals surface area contributed by atoms with Crippen LogP contribution in [0.5, 0.6) is 0 Å². The van der Waals surface area contributed by atoms with E-state index in [9.17, 15) is 9.18 Å². The highest BCUT2D eigenvalue weighted by molar-refractivity contribution is 7.15. The summed E-state index contributed by atoms with van der Waals surface area (Å²) >= 11 is 7.61. The van der Waals surface area contributed by atoms with Crippen LogP contribution in [-0.2, 0) is 11.2 Å². The molecule has 1 aliphatic rings. The van der Waals surface area contributed by atoms with Crippen molar-refractivity contribution in [1.29, 1.82) is 0 Å². The predicted octanol–water partition coefficient (Wildman–Crippen LogP) is 5.14. The van der Waals surface area contributed by atoms with E-state index in [0.29, 0.717) is 37.2 Å². The Morgan fingerprint density at radius 1 is 1.09 bits per heavy atom. The summed E-state index contributed by atoms with van der Waals surface area (Å²) in [5.74, 6) is -0.128. The van der Waals surface area contributed by atoms with E-state index in [4.69, 9.17) is 11.6 Å². The minimum atomic E-state index is -0.285. The zero-order valence-electron chi connectivity index (χ0n) is 17.4. The Morgan fingerprint density at radius 2 is 1.91 bits per heavy atom. The van der Waals surface area contributed by atoms with Gasteiger partial charge in [0.2, 0.25) is 5.91 Å². The first-order valence-corrected chi connectivity index (χ1v) is 11.8. The Kier molecular flexibility index (Phi) is 5.85. The Bertz CT molecular complexity index is 1260. The third kappa shape index (κ3) is 4.23. The van der Waals surface area contributed by atoms with Gasteiger partial charge >= 0.3 is 0 Å². The molecule has 3 heterocycles. The number of imidazole rings is 1. The maximum absolute atomic E-state index is 14.1. The van der Waals surface area contributed by atoms with E-state index in [1.165, 1.54) is 17.4 Å². The van der Waals surface area contributed by atoms with Crippen molar-refractivity contribution in [3.8, 4) is 11.3 Å². The third-order valence-electron chi connectivity index (χ3n) is 5.83. The summed E-state index contributed by atoms with van der Waals surface area (Å²) < 4.78 is 16.1. The molecule has 0 spiro atoms. The lowest BCUT2D eigenvalue weighted by Gasteiger charge is -2.36. The van der Waals surface area contributed by atoms with Crippen LogP contribution in [0.15, 0.2) is 60.1 Å². The molecule has 0 radical (unpaired) electrons. The average molecular weight is 469 g/mol. The molecule has 2 aromatic heterocycles. The summed E-state index contributed by atoms with van der Waals surface area (Å²) in [6.45, 7) is 2.99. The number of rotatable bonds is 5. The second kappa shape index (κ2) is 8.92. The molecule has 1 fully saturated rings. The fourth-order valence-corrected chi connectivity index (χ4v) is 5.18. The van der Waals surface area contributed by atoms with Crippen LogP contribution in [-0.4, -0.2) is 46.4 Å². The van der Waals surface area contributed by atoms with Gasteiger partial charge in [-0.05, 0) is 36.8 Å². The standard InChI is InChI=1S/C24H22ClFN4OS/c25-17-4-3-5-18(14-17)28-10-12-29(13-11-28)23(31)9-8-19-16-32-24-27-22(15-30(19)24)20-6-1-2-7-21(20)26/h1-7,14-16H,8-13H2. The molecule has 5 nitrogen and oxygen atoms in total. The first-order valence-electron chi connectivity index (χ1n) is 10.6. The number of carbonyl (C=O) groups is 1. The SMILES string of the molecule is O=C(CCc1csc2nc(-c3ccccc3F)cn12)N1CCN(c2cccc(Cl)c2)CC1. The van der Waals surface area contributed by atoms with Gasteiger partial charge in [0.25, 0.3) is 0 Å². The molecule has 1 amide bonds. The number of anilines is 1. The summed E-state index contributed by atoms with van der Waals surface area (Å²) in [4.78, 5) is 22.4. The van der Waals surface area contributed by atoms with Crippen LogP contribution < -0.4 is 4.90 Å². The molecule has 2 aromatic carbocycles. The quantitative estimate of drug-likeness (QED) is 0.407. The smallest absolute Gasteiger partial charge is 0.223 e. The highest BCUT2D eigenvalue weighted by Crippen LogP contribution is 2.26. The molecule has 1 saturated heterocycles. The van der Waals surface area contributed by atoms with Crippen molar-refractivity contribution in [2.45, 2.75) is 12.8 Å². The van der Waals surface area contributed by atoms with Crippen LogP contribution in [0.2, 0.25) is 5.02 Å². The molecule has 0 atom stereocenters. The van der Waals surface area contributed by atoms with Crippen LogP contribution in [0.1, 0.15) is 12.1 Å². The van der Waals surface area contributed by atoms with Crippen molar-refractivity contribution >= 4 is 39.5 Å². The zero-order chi connectivity index (χ0) is 22.1. The normalized spacial score (nSPS) is 14.3. The number of halogens is 2. The van der Waals surface area contributed by atoms with Gasteiger partial charge in [-0.25, -0.2) is 9.37 Å². The molecule has 0 aliphatic carbocycles. The molecular weight excluding hydrogens is 447 g/mol. The van der Waals surface area contributed by atoms with Crippen molar-refractivity contribution in [2.75, 3.05) is 31.1 Å². The van der Waals surface area contributed by atoms with Crippen molar-refractivity contribution in [1.82, 2.24) is 14.3 Å². The molecular formula is C24H22ClFN4OS. The summed E-state index contributed by atoms with van der Waals surface area (Å²) in [5.41, 5.74) is 3.21. The number of piperazine rings is 1. The first kappa shape index (κ1) is 21.0. The van der Waals surface area contributed by atoms with E-state index >= 15 is 0 Å². The third-order valence-corrected chi connectivity index (χ3v) is 6.96. The molecule has 0 saturated carbocycles. The number of thiazole rings is 1. The summed E-state index contributed by atoms with van der Waals surface area (Å²) in [6.07, 6.45) is 2.92. The van der Waals surface area contributed by atoms with Gasteiger partial charge in [-0.1, -0.05) is 29.8 Å². The Morgan fingerprint density at radius 3 is 2.69 bits per heavy atom. The van der Waals surface area contributed by atoms with Crippen LogP contribution in [0.4, 0.5) is 10.1 Å². The lowest BCUT2D eigenvalue weighted by molar-refractivity contribution is -0.131. The van der Waals surface area contributed by atoms with Crippen molar-refractivity contribution < 1.29 is 9.18 Å². The minimum absolute atomic E-state index is 0.157. The number of fused-ring (bicyclic) bond motifs is 1. The zero-order valence-corrected chi connectivity index (χ0v) is 18.9. The Balaban J connectivity index is 1.21. The average Bonchev–Trinajstić information content (AvgIpc) is 3.39. The van der Waals surface area contributed by atoms with Crippen molar-refractivity contribution in [2.24, 2.45) is 0 Å². The largest absolute Gasteiger partial charge is 0.368 e. The van der Waals surface area contributed by atoms with Gasteiger partial charge in [0.15, 0.2) is 4.96 Å². The van der Waals surface area contributed by atoms with E-state index < -0.39 is 0 Å². The predicted molar refractivity (Wildman–Crippen MR) is 127 cm³/mol. The van der Waals surface area contributed by atoms with Gasteiger partial charge in [0, 0.05) is 66.1 Å². The van der Waals surface area contributed by atoms with Gasteiger partial charge in [-0.15, -0.1) is 11.3 Å². The van der Waals surface area contributed by atoms with Gasteiger partial charge < -0.3 is 9.80 Å². The van der Waals surface area contributed by atoms with Crippen LogP contribution in [0.25, 0.3) is 16.2 Å². The Hall–Kier alpha value is -2.90. The molecule has 0 bridgehead atoms.